The molecular formula is C22H17F2N7OS. The van der Waals surface area contributed by atoms with E-state index in [-0.39, 0.29) is 27.8 Å². The number of benzene rings is 1. The molecule has 11 heteroatoms. The van der Waals surface area contributed by atoms with Crippen molar-refractivity contribution >= 4 is 17.2 Å². The topological polar surface area (TPSA) is 109 Å². The summed E-state index contributed by atoms with van der Waals surface area (Å²) in [5.74, 6) is -2.00. The van der Waals surface area contributed by atoms with Crippen molar-refractivity contribution in [2.45, 2.75) is 12.3 Å². The highest BCUT2D eigenvalue weighted by Gasteiger charge is 2.33. The largest absolute Gasteiger partial charge is 0.349 e. The van der Waals surface area contributed by atoms with Crippen molar-refractivity contribution < 1.29 is 13.6 Å². The summed E-state index contributed by atoms with van der Waals surface area (Å²) in [6.45, 7) is 2.01. The van der Waals surface area contributed by atoms with E-state index in [1.54, 1.807) is 36.1 Å². The smallest absolute Gasteiger partial charge is 0.282 e. The van der Waals surface area contributed by atoms with E-state index in [0.29, 0.717) is 5.69 Å². The van der Waals surface area contributed by atoms with Crippen molar-refractivity contribution in [3.63, 3.8) is 0 Å². The summed E-state index contributed by atoms with van der Waals surface area (Å²) in [6.07, 6.45) is 3.49. The highest BCUT2D eigenvalue weighted by Crippen LogP contribution is 2.31. The lowest BCUT2D eigenvalue weighted by Gasteiger charge is -2.28. The first-order valence-corrected chi connectivity index (χ1v) is 10.6. The zero-order chi connectivity index (χ0) is 23.6. The van der Waals surface area contributed by atoms with Gasteiger partial charge in [0, 0.05) is 37.0 Å². The van der Waals surface area contributed by atoms with Gasteiger partial charge in [0.25, 0.3) is 5.91 Å². The Kier molecular flexibility index (Phi) is 5.93. The monoisotopic (exact) mass is 465 g/mol. The Morgan fingerprint density at radius 3 is 2.79 bits per heavy atom. The van der Waals surface area contributed by atoms with Crippen LogP contribution in [0.5, 0.6) is 0 Å². The van der Waals surface area contributed by atoms with Crippen molar-refractivity contribution in [2.75, 3.05) is 6.54 Å². The van der Waals surface area contributed by atoms with Crippen LogP contribution in [0.25, 0.3) is 10.6 Å². The SMILES string of the molecule is Cn1cc(C(C)(CNC(=O)c2nnc(-c3ccc(F)cc3F)s2)c2cccc(C#N)n2)cn1. The second-order valence-corrected chi connectivity index (χ2v) is 8.45. The van der Waals surface area contributed by atoms with Gasteiger partial charge in [0.15, 0.2) is 5.01 Å². The third-order valence-corrected chi connectivity index (χ3v) is 6.11. The van der Waals surface area contributed by atoms with Crippen LogP contribution in [0.3, 0.4) is 0 Å². The number of carbonyl (C=O) groups is 1. The van der Waals surface area contributed by atoms with Crippen LogP contribution in [-0.4, -0.2) is 37.4 Å². The minimum absolute atomic E-state index is 0.0287. The van der Waals surface area contributed by atoms with Crippen LogP contribution in [0.1, 0.15) is 33.7 Å². The minimum Gasteiger partial charge on any atom is -0.349 e. The number of aryl methyl sites for hydroxylation is 1. The lowest BCUT2D eigenvalue weighted by Crippen LogP contribution is -2.40. The van der Waals surface area contributed by atoms with Crippen LogP contribution in [0.4, 0.5) is 8.78 Å². The molecule has 166 valence electrons. The number of rotatable bonds is 6. The van der Waals surface area contributed by atoms with E-state index < -0.39 is 23.0 Å². The third-order valence-electron chi connectivity index (χ3n) is 5.15. The number of pyridine rings is 1. The van der Waals surface area contributed by atoms with E-state index in [2.05, 4.69) is 25.6 Å². The molecule has 0 spiro atoms. The molecule has 33 heavy (non-hydrogen) atoms. The van der Waals surface area contributed by atoms with Gasteiger partial charge in [-0.25, -0.2) is 13.8 Å². The Morgan fingerprint density at radius 1 is 1.27 bits per heavy atom. The fourth-order valence-corrected chi connectivity index (χ4v) is 4.06. The predicted molar refractivity (Wildman–Crippen MR) is 116 cm³/mol. The molecule has 0 aliphatic rings. The predicted octanol–water partition coefficient (Wildman–Crippen LogP) is 3.22. The molecule has 4 rings (SSSR count). The van der Waals surface area contributed by atoms with E-state index >= 15 is 0 Å². The number of amides is 1. The molecule has 4 aromatic rings. The number of nitriles is 1. The molecule has 3 heterocycles. The lowest BCUT2D eigenvalue weighted by atomic mass is 9.80. The van der Waals surface area contributed by atoms with Gasteiger partial charge < -0.3 is 5.32 Å². The van der Waals surface area contributed by atoms with E-state index in [4.69, 9.17) is 0 Å². The first-order valence-electron chi connectivity index (χ1n) is 9.74. The van der Waals surface area contributed by atoms with Gasteiger partial charge in [-0.15, -0.1) is 10.2 Å². The lowest BCUT2D eigenvalue weighted by molar-refractivity contribution is 0.0946. The van der Waals surface area contributed by atoms with Crippen LogP contribution in [0.15, 0.2) is 48.8 Å². The summed E-state index contributed by atoms with van der Waals surface area (Å²) in [6, 6.07) is 10.2. The summed E-state index contributed by atoms with van der Waals surface area (Å²) in [7, 11) is 1.78. The number of carbonyl (C=O) groups excluding carboxylic acids is 1. The van der Waals surface area contributed by atoms with Crippen molar-refractivity contribution in [1.82, 2.24) is 30.3 Å². The minimum atomic E-state index is -0.798. The number of aromatic nitrogens is 5. The first-order chi connectivity index (χ1) is 15.8. The molecule has 0 fully saturated rings. The van der Waals surface area contributed by atoms with Crippen LogP contribution in [0.2, 0.25) is 0 Å². The normalized spacial score (nSPS) is 12.7. The molecule has 3 aromatic heterocycles. The molecule has 1 atom stereocenters. The van der Waals surface area contributed by atoms with Crippen molar-refractivity contribution in [2.24, 2.45) is 7.05 Å². The first kappa shape index (κ1) is 22.2. The fourth-order valence-electron chi connectivity index (χ4n) is 3.27. The van der Waals surface area contributed by atoms with Gasteiger partial charge in [-0.3, -0.25) is 9.48 Å². The molecule has 1 amide bonds. The quantitative estimate of drug-likeness (QED) is 0.468. The number of hydrogen-bond acceptors (Lipinski definition) is 7. The molecule has 0 saturated carbocycles. The number of hydrogen-bond donors (Lipinski definition) is 1. The molecule has 1 N–H and O–H groups in total. The Balaban J connectivity index is 1.59. The standard InChI is InChI=1S/C22H17F2N7OS/c1-22(13-10-27-31(2)11-13,18-5-3-4-15(9-25)28-18)12-26-19(32)21-30-29-20(33-21)16-7-6-14(23)8-17(16)24/h3-8,10-11H,12H2,1-2H3,(H,26,32). The molecular weight excluding hydrogens is 448 g/mol. The molecule has 0 saturated heterocycles. The van der Waals surface area contributed by atoms with Crippen molar-refractivity contribution in [1.29, 1.82) is 5.26 Å². The van der Waals surface area contributed by atoms with Crippen LogP contribution in [0, 0.1) is 23.0 Å². The Labute approximate surface area is 191 Å². The Hall–Kier alpha value is -4.04. The zero-order valence-corrected chi connectivity index (χ0v) is 18.4. The van der Waals surface area contributed by atoms with Gasteiger partial charge >= 0.3 is 0 Å². The molecule has 0 aliphatic heterocycles. The van der Waals surface area contributed by atoms with Crippen molar-refractivity contribution in [3.05, 3.63) is 82.4 Å². The maximum absolute atomic E-state index is 14.1. The van der Waals surface area contributed by atoms with E-state index in [0.717, 1.165) is 29.0 Å². The Morgan fingerprint density at radius 2 is 2.09 bits per heavy atom. The van der Waals surface area contributed by atoms with Gasteiger partial charge in [-0.05, 0) is 31.2 Å². The van der Waals surface area contributed by atoms with E-state index in [1.165, 1.54) is 6.07 Å². The summed E-state index contributed by atoms with van der Waals surface area (Å²) in [4.78, 5) is 17.2. The Bertz CT molecular complexity index is 1380. The highest BCUT2D eigenvalue weighted by atomic mass is 32.1. The van der Waals surface area contributed by atoms with Gasteiger partial charge in [0.1, 0.15) is 23.4 Å². The van der Waals surface area contributed by atoms with Crippen molar-refractivity contribution in [3.8, 4) is 16.6 Å². The maximum atomic E-state index is 14.1. The second-order valence-electron chi connectivity index (χ2n) is 7.47. The zero-order valence-electron chi connectivity index (χ0n) is 17.6. The molecule has 0 radical (unpaired) electrons. The number of nitrogens with one attached hydrogen (secondary N) is 1. The average Bonchev–Trinajstić information content (AvgIpc) is 3.47. The summed E-state index contributed by atoms with van der Waals surface area (Å²) in [5, 5.41) is 24.2. The van der Waals surface area contributed by atoms with Crippen LogP contribution >= 0.6 is 11.3 Å². The summed E-state index contributed by atoms with van der Waals surface area (Å²) < 4.78 is 28.9. The summed E-state index contributed by atoms with van der Waals surface area (Å²) >= 11 is 0.895. The number of nitrogens with zero attached hydrogens (tertiary/aromatic N) is 6. The highest BCUT2D eigenvalue weighted by molar-refractivity contribution is 7.16. The molecule has 8 nitrogen and oxygen atoms in total. The third kappa shape index (κ3) is 4.47. The van der Waals surface area contributed by atoms with E-state index in [9.17, 15) is 18.8 Å². The maximum Gasteiger partial charge on any atom is 0.282 e. The van der Waals surface area contributed by atoms with Gasteiger partial charge in [0.2, 0.25) is 5.01 Å². The van der Waals surface area contributed by atoms with Crippen LogP contribution < -0.4 is 5.32 Å². The molecule has 0 bridgehead atoms. The van der Waals surface area contributed by atoms with Gasteiger partial charge in [-0.1, -0.05) is 17.4 Å². The van der Waals surface area contributed by atoms with Gasteiger partial charge in [-0.2, -0.15) is 10.4 Å². The van der Waals surface area contributed by atoms with E-state index in [1.807, 2.05) is 19.2 Å². The fraction of sp³-hybridized carbons (Fsp3) is 0.182. The summed E-state index contributed by atoms with van der Waals surface area (Å²) in [5.41, 5.74) is 0.892. The van der Waals surface area contributed by atoms with Gasteiger partial charge in [0.05, 0.1) is 17.3 Å². The average molecular weight is 465 g/mol. The molecule has 1 unspecified atom stereocenters. The second kappa shape index (κ2) is 8.84. The van der Waals surface area contributed by atoms with Crippen LogP contribution in [-0.2, 0) is 12.5 Å². The number of halogens is 2. The molecule has 0 aliphatic carbocycles. The molecule has 1 aromatic carbocycles.